The van der Waals surface area contributed by atoms with Crippen molar-refractivity contribution in [3.05, 3.63) is 136 Å². The Labute approximate surface area is 254 Å². The van der Waals surface area contributed by atoms with Crippen molar-refractivity contribution in [2.24, 2.45) is 4.99 Å². The molecule has 0 saturated heterocycles. The number of thiazole rings is 1. The molecule has 2 aliphatic rings. The third kappa shape index (κ3) is 5.44. The van der Waals surface area contributed by atoms with Gasteiger partial charge in [-0.05, 0) is 84.0 Å². The molecule has 8 nitrogen and oxygen atoms in total. The van der Waals surface area contributed by atoms with Crippen molar-refractivity contribution in [2.45, 2.75) is 25.3 Å². The predicted molar refractivity (Wildman–Crippen MR) is 175 cm³/mol. The smallest absolute Gasteiger partial charge is 0.276 e. The molecule has 0 saturated carbocycles. The second-order valence-corrected chi connectivity index (χ2v) is 12.3. The molecule has 9 heteroatoms. The zero-order chi connectivity index (χ0) is 30.2. The molecule has 1 aromatic heterocycles. The van der Waals surface area contributed by atoms with Crippen molar-refractivity contribution in [1.82, 2.24) is 4.57 Å². The quantitative estimate of drug-likeness (QED) is 0.218. The zero-order valence-electron chi connectivity index (χ0n) is 24.7. The lowest BCUT2D eigenvalue weighted by molar-refractivity contribution is -0.385. The van der Waals surface area contributed by atoms with E-state index in [1.165, 1.54) is 17.4 Å². The molecule has 0 radical (unpaired) electrons. The van der Waals surface area contributed by atoms with Crippen LogP contribution >= 0.6 is 11.3 Å². The summed E-state index contributed by atoms with van der Waals surface area (Å²) in [7, 11) is 8.07. The van der Waals surface area contributed by atoms with Crippen molar-refractivity contribution >= 4 is 40.6 Å². The van der Waals surface area contributed by atoms with E-state index in [0.717, 1.165) is 58.6 Å². The summed E-state index contributed by atoms with van der Waals surface area (Å²) < 4.78 is 2.21. The summed E-state index contributed by atoms with van der Waals surface area (Å²) in [6.07, 6.45) is 6.53. The molecule has 6 rings (SSSR count). The van der Waals surface area contributed by atoms with E-state index >= 15 is 0 Å². The summed E-state index contributed by atoms with van der Waals surface area (Å²) in [6, 6.07) is 23.0. The first-order chi connectivity index (χ1) is 20.7. The zero-order valence-corrected chi connectivity index (χ0v) is 25.5. The molecular formula is C34H33N5O3S. The van der Waals surface area contributed by atoms with Crippen LogP contribution in [0.15, 0.2) is 99.4 Å². The summed E-state index contributed by atoms with van der Waals surface area (Å²) in [5.74, 6) is 0. The Bertz CT molecular complexity index is 1950. The lowest BCUT2D eigenvalue weighted by atomic mass is 9.83. The number of fused-ring (bicyclic) bond motifs is 1. The van der Waals surface area contributed by atoms with Gasteiger partial charge >= 0.3 is 0 Å². The monoisotopic (exact) mass is 591 g/mol. The standard InChI is InChI=1S/C34H33N5O3S/c1-36(2)26-16-12-22(13-17-26)20-25-9-7-10-28-31(25)35-34-38(32(28)23-14-18-27(19-15-23)37(3)4)33(40)30(43-34)21-24-8-5-6-11-29(24)39(41)42/h5-6,8,11-21,32H,7,9-10H2,1-4H3/b25-20+,30-21+. The molecule has 43 heavy (non-hydrogen) atoms. The summed E-state index contributed by atoms with van der Waals surface area (Å²) in [6.45, 7) is 0. The largest absolute Gasteiger partial charge is 0.378 e. The Morgan fingerprint density at radius 1 is 0.907 bits per heavy atom. The molecule has 3 aromatic carbocycles. The minimum atomic E-state index is -0.418. The number of allylic oxidation sites excluding steroid dienone is 2. The van der Waals surface area contributed by atoms with Gasteiger partial charge in [0.25, 0.3) is 11.2 Å². The van der Waals surface area contributed by atoms with Gasteiger partial charge in [-0.1, -0.05) is 47.7 Å². The maximum absolute atomic E-state index is 14.1. The highest BCUT2D eigenvalue weighted by Gasteiger charge is 2.32. The van der Waals surface area contributed by atoms with Crippen molar-refractivity contribution in [2.75, 3.05) is 38.0 Å². The van der Waals surface area contributed by atoms with E-state index in [4.69, 9.17) is 4.99 Å². The molecule has 0 spiro atoms. The van der Waals surface area contributed by atoms with E-state index in [1.54, 1.807) is 28.8 Å². The fourth-order valence-corrected chi connectivity index (χ4v) is 6.79. The molecule has 0 fully saturated rings. The first-order valence-electron chi connectivity index (χ1n) is 14.2. The van der Waals surface area contributed by atoms with Gasteiger partial charge in [-0.25, -0.2) is 4.99 Å². The summed E-state index contributed by atoms with van der Waals surface area (Å²) in [4.78, 5) is 35.2. The van der Waals surface area contributed by atoms with Crippen molar-refractivity contribution in [3.8, 4) is 0 Å². The van der Waals surface area contributed by atoms with E-state index in [-0.39, 0.29) is 17.3 Å². The first kappa shape index (κ1) is 28.4. The third-order valence-corrected chi connectivity index (χ3v) is 9.01. The predicted octanol–water partition coefficient (Wildman–Crippen LogP) is 5.52. The van der Waals surface area contributed by atoms with Crippen molar-refractivity contribution in [3.63, 3.8) is 0 Å². The van der Waals surface area contributed by atoms with Gasteiger partial charge in [0.2, 0.25) is 0 Å². The van der Waals surface area contributed by atoms with Crippen LogP contribution < -0.4 is 24.7 Å². The van der Waals surface area contributed by atoms with Crippen molar-refractivity contribution < 1.29 is 4.92 Å². The number of para-hydroxylation sites is 1. The first-order valence-corrected chi connectivity index (χ1v) is 15.1. The molecule has 4 aromatic rings. The molecule has 1 atom stereocenters. The Kier molecular flexibility index (Phi) is 7.58. The Balaban J connectivity index is 1.55. The van der Waals surface area contributed by atoms with Gasteiger partial charge in [-0.15, -0.1) is 0 Å². The van der Waals surface area contributed by atoms with Gasteiger partial charge in [-0.2, -0.15) is 0 Å². The van der Waals surface area contributed by atoms with Gasteiger partial charge in [0.1, 0.15) is 0 Å². The highest BCUT2D eigenvalue weighted by Crippen LogP contribution is 2.41. The average Bonchev–Trinajstić information content (AvgIpc) is 3.31. The highest BCUT2D eigenvalue weighted by molar-refractivity contribution is 7.07. The molecule has 1 aliphatic carbocycles. The van der Waals surface area contributed by atoms with Gasteiger partial charge in [-0.3, -0.25) is 19.5 Å². The minimum Gasteiger partial charge on any atom is -0.378 e. The number of nitro groups is 1. The van der Waals surface area contributed by atoms with Crippen LogP contribution in [0.25, 0.3) is 12.2 Å². The molecule has 1 unspecified atom stereocenters. The van der Waals surface area contributed by atoms with Crippen LogP contribution in [0.5, 0.6) is 0 Å². The SMILES string of the molecule is CN(C)c1ccc(/C=C2\CCCC3=C2N=c2s/c(=C/c4ccccc4[N+](=O)[O-])c(=O)n2C3c2ccc(N(C)C)cc2)cc1. The fourth-order valence-electron chi connectivity index (χ4n) is 5.80. The van der Waals surface area contributed by atoms with Crippen LogP contribution in [0.4, 0.5) is 17.1 Å². The van der Waals surface area contributed by atoms with E-state index < -0.39 is 4.92 Å². The lowest BCUT2D eigenvalue weighted by Crippen LogP contribution is -2.39. The van der Waals surface area contributed by atoms with Gasteiger partial charge in [0.05, 0.1) is 26.8 Å². The van der Waals surface area contributed by atoms with Gasteiger partial charge in [0, 0.05) is 45.6 Å². The number of hydrogen-bond acceptors (Lipinski definition) is 7. The van der Waals surface area contributed by atoms with Crippen LogP contribution in [-0.4, -0.2) is 37.7 Å². The topological polar surface area (TPSA) is 84.0 Å². The van der Waals surface area contributed by atoms with E-state index in [2.05, 4.69) is 64.4 Å². The Morgan fingerprint density at radius 2 is 1.56 bits per heavy atom. The second kappa shape index (κ2) is 11.5. The van der Waals surface area contributed by atoms with Crippen LogP contribution in [-0.2, 0) is 0 Å². The normalized spacial score (nSPS) is 17.3. The number of rotatable bonds is 6. The molecule has 1 aliphatic heterocycles. The summed E-state index contributed by atoms with van der Waals surface area (Å²) in [5.41, 5.74) is 7.75. The molecule has 0 bridgehead atoms. The molecule has 0 amide bonds. The number of benzene rings is 3. The minimum absolute atomic E-state index is 0.0334. The molecular weight excluding hydrogens is 558 g/mol. The third-order valence-electron chi connectivity index (χ3n) is 8.03. The van der Waals surface area contributed by atoms with Crippen LogP contribution in [0.3, 0.4) is 0 Å². The number of aromatic nitrogens is 1. The van der Waals surface area contributed by atoms with E-state index in [0.29, 0.717) is 14.9 Å². The maximum atomic E-state index is 14.1. The molecule has 2 heterocycles. The Hall–Kier alpha value is -4.76. The number of hydrogen-bond donors (Lipinski definition) is 0. The lowest BCUT2D eigenvalue weighted by Gasteiger charge is -2.31. The molecule has 218 valence electrons. The van der Waals surface area contributed by atoms with Crippen LogP contribution in [0.1, 0.15) is 42.0 Å². The summed E-state index contributed by atoms with van der Waals surface area (Å²) >= 11 is 1.28. The maximum Gasteiger partial charge on any atom is 0.276 e. The van der Waals surface area contributed by atoms with Gasteiger partial charge in [0.15, 0.2) is 4.80 Å². The Morgan fingerprint density at radius 3 is 2.21 bits per heavy atom. The number of nitrogens with zero attached hydrogens (tertiary/aromatic N) is 5. The van der Waals surface area contributed by atoms with Gasteiger partial charge < -0.3 is 9.80 Å². The number of anilines is 2. The van der Waals surface area contributed by atoms with E-state index in [1.807, 2.05) is 28.2 Å². The summed E-state index contributed by atoms with van der Waals surface area (Å²) in [5, 5.41) is 11.7. The van der Waals surface area contributed by atoms with Crippen molar-refractivity contribution in [1.29, 1.82) is 0 Å². The van der Waals surface area contributed by atoms with E-state index in [9.17, 15) is 14.9 Å². The van der Waals surface area contributed by atoms with Crippen LogP contribution in [0, 0.1) is 10.1 Å². The molecule has 0 N–H and O–H groups in total. The van der Waals surface area contributed by atoms with Crippen LogP contribution in [0.2, 0.25) is 0 Å². The average molecular weight is 592 g/mol. The second-order valence-electron chi connectivity index (χ2n) is 11.3. The fraction of sp³-hybridized carbons (Fsp3) is 0.235. The number of nitro benzene ring substituents is 1. The highest BCUT2D eigenvalue weighted by atomic mass is 32.1.